The first-order valence-corrected chi connectivity index (χ1v) is 7.83. The van der Waals surface area contributed by atoms with Crippen LogP contribution < -0.4 is 10.1 Å². The smallest absolute Gasteiger partial charge is 0.224 e. The van der Waals surface area contributed by atoms with Crippen LogP contribution >= 0.6 is 22.6 Å². The summed E-state index contributed by atoms with van der Waals surface area (Å²) >= 11 is 2.25. The lowest BCUT2D eigenvalue weighted by molar-refractivity contribution is 0.177. The average molecular weight is 399 g/mol. The molecule has 1 aromatic heterocycles. The number of nitrogens with one attached hydrogen (secondary N) is 1. The molecule has 1 aromatic carbocycles. The second-order valence-electron chi connectivity index (χ2n) is 4.43. The molecule has 0 aliphatic carbocycles. The molecule has 1 N–H and O–H groups in total. The molecule has 0 unspecified atom stereocenters. The summed E-state index contributed by atoms with van der Waals surface area (Å²) in [6, 6.07) is 9.62. The second kappa shape index (κ2) is 8.14. The van der Waals surface area contributed by atoms with Crippen LogP contribution in [0.4, 0.5) is 5.82 Å². The van der Waals surface area contributed by atoms with E-state index in [9.17, 15) is 0 Å². The molecule has 2 rings (SSSR count). The lowest BCUT2D eigenvalue weighted by Gasteiger charge is -2.10. The monoisotopic (exact) mass is 399 g/mol. The van der Waals surface area contributed by atoms with E-state index in [1.807, 2.05) is 24.3 Å². The van der Waals surface area contributed by atoms with Gasteiger partial charge in [-0.25, -0.2) is 4.98 Å². The highest BCUT2D eigenvalue weighted by Crippen LogP contribution is 2.23. The molecule has 112 valence electrons. The van der Waals surface area contributed by atoms with E-state index < -0.39 is 0 Å². The van der Waals surface area contributed by atoms with Gasteiger partial charge in [0.2, 0.25) is 5.88 Å². The summed E-state index contributed by atoms with van der Waals surface area (Å²) in [5.74, 6) is 2.61. The van der Waals surface area contributed by atoms with Gasteiger partial charge in [-0.05, 0) is 47.2 Å². The summed E-state index contributed by atoms with van der Waals surface area (Å²) in [6.07, 6.45) is 1.02. The largest absolute Gasteiger partial charge is 0.439 e. The maximum atomic E-state index is 5.82. The molecule has 0 saturated heterocycles. The quantitative estimate of drug-likeness (QED) is 0.717. The highest BCUT2D eigenvalue weighted by Gasteiger charge is 2.07. The van der Waals surface area contributed by atoms with Gasteiger partial charge in [0.1, 0.15) is 18.2 Å². The zero-order valence-corrected chi connectivity index (χ0v) is 14.3. The zero-order chi connectivity index (χ0) is 15.1. The van der Waals surface area contributed by atoms with Crippen LogP contribution in [0.2, 0.25) is 0 Å². The van der Waals surface area contributed by atoms with E-state index in [1.165, 1.54) is 0 Å². The van der Waals surface area contributed by atoms with Gasteiger partial charge in [0.15, 0.2) is 5.82 Å². The third kappa shape index (κ3) is 5.13. The van der Waals surface area contributed by atoms with Gasteiger partial charge in [0.25, 0.3) is 0 Å². The molecule has 0 aliphatic rings. The minimum absolute atomic E-state index is 0.352. The van der Waals surface area contributed by atoms with Crippen molar-refractivity contribution in [2.75, 3.05) is 19.0 Å². The average Bonchev–Trinajstić information content (AvgIpc) is 2.45. The predicted octanol–water partition coefficient (Wildman–Crippen LogP) is 3.84. The molecule has 6 heteroatoms. The molecular weight excluding hydrogens is 381 g/mol. The van der Waals surface area contributed by atoms with Crippen LogP contribution in [0, 0.1) is 3.57 Å². The van der Waals surface area contributed by atoms with Crippen LogP contribution in [-0.4, -0.2) is 23.6 Å². The molecular formula is C15H18IN3O2. The van der Waals surface area contributed by atoms with Crippen LogP contribution in [0.5, 0.6) is 11.6 Å². The number of halogens is 1. The highest BCUT2D eigenvalue weighted by molar-refractivity contribution is 14.1. The summed E-state index contributed by atoms with van der Waals surface area (Å²) < 4.78 is 12.0. The Morgan fingerprint density at radius 1 is 1.24 bits per heavy atom. The van der Waals surface area contributed by atoms with Gasteiger partial charge in [0, 0.05) is 23.3 Å². The van der Waals surface area contributed by atoms with E-state index in [0.29, 0.717) is 18.3 Å². The Kier molecular flexibility index (Phi) is 6.19. The molecule has 21 heavy (non-hydrogen) atoms. The summed E-state index contributed by atoms with van der Waals surface area (Å²) in [7, 11) is 1.62. The first kappa shape index (κ1) is 16.0. The van der Waals surface area contributed by atoms with Crippen molar-refractivity contribution in [1.82, 2.24) is 9.97 Å². The first-order valence-electron chi connectivity index (χ1n) is 6.75. The topological polar surface area (TPSA) is 56.3 Å². The molecule has 0 aliphatic heterocycles. The van der Waals surface area contributed by atoms with Crippen molar-refractivity contribution in [2.45, 2.75) is 20.0 Å². The third-order valence-electron chi connectivity index (χ3n) is 2.60. The number of nitrogens with zero attached hydrogens (tertiary/aromatic N) is 2. The SMILES string of the molecule is CCCNc1cc(Oc2cccc(I)c2)nc(COC)n1. The lowest BCUT2D eigenvalue weighted by atomic mass is 10.3. The number of hydrogen-bond acceptors (Lipinski definition) is 5. The van der Waals surface area contributed by atoms with Gasteiger partial charge in [0.05, 0.1) is 0 Å². The Morgan fingerprint density at radius 2 is 2.10 bits per heavy atom. The van der Waals surface area contributed by atoms with Gasteiger partial charge in [-0.2, -0.15) is 4.98 Å². The Labute approximate surface area is 138 Å². The van der Waals surface area contributed by atoms with E-state index in [-0.39, 0.29) is 0 Å². The van der Waals surface area contributed by atoms with E-state index in [0.717, 1.165) is 28.1 Å². The predicted molar refractivity (Wildman–Crippen MR) is 90.8 cm³/mol. The minimum Gasteiger partial charge on any atom is -0.439 e. The van der Waals surface area contributed by atoms with Crippen molar-refractivity contribution in [3.63, 3.8) is 0 Å². The number of ether oxygens (including phenoxy) is 2. The Balaban J connectivity index is 2.22. The maximum Gasteiger partial charge on any atom is 0.224 e. The number of methoxy groups -OCH3 is 1. The summed E-state index contributed by atoms with van der Waals surface area (Å²) in [6.45, 7) is 3.31. The van der Waals surface area contributed by atoms with Gasteiger partial charge in [-0.1, -0.05) is 13.0 Å². The van der Waals surface area contributed by atoms with E-state index in [1.54, 1.807) is 13.2 Å². The van der Waals surface area contributed by atoms with Crippen LogP contribution in [-0.2, 0) is 11.3 Å². The molecule has 0 saturated carbocycles. The van der Waals surface area contributed by atoms with Crippen molar-refractivity contribution >= 4 is 28.4 Å². The van der Waals surface area contributed by atoms with E-state index >= 15 is 0 Å². The van der Waals surface area contributed by atoms with Gasteiger partial charge < -0.3 is 14.8 Å². The molecule has 2 aromatic rings. The molecule has 5 nitrogen and oxygen atoms in total. The molecule has 0 amide bonds. The molecule has 0 atom stereocenters. The third-order valence-corrected chi connectivity index (χ3v) is 3.27. The second-order valence-corrected chi connectivity index (χ2v) is 5.67. The summed E-state index contributed by atoms with van der Waals surface area (Å²) in [5.41, 5.74) is 0. The molecule has 0 fully saturated rings. The van der Waals surface area contributed by atoms with Gasteiger partial charge in [-0.15, -0.1) is 0 Å². The van der Waals surface area contributed by atoms with Crippen LogP contribution in [0.1, 0.15) is 19.2 Å². The van der Waals surface area contributed by atoms with E-state index in [4.69, 9.17) is 9.47 Å². The number of hydrogen-bond donors (Lipinski definition) is 1. The minimum atomic E-state index is 0.352. The standard InChI is InChI=1S/C15H18IN3O2/c1-3-7-17-13-9-15(19-14(18-13)10-20-2)21-12-6-4-5-11(16)8-12/h4-6,8-9H,3,7,10H2,1-2H3,(H,17,18,19). The van der Waals surface area contributed by atoms with Crippen molar-refractivity contribution < 1.29 is 9.47 Å². The molecule has 1 heterocycles. The van der Waals surface area contributed by atoms with Gasteiger partial charge in [-0.3, -0.25) is 0 Å². The normalized spacial score (nSPS) is 10.4. The van der Waals surface area contributed by atoms with Crippen molar-refractivity contribution in [2.24, 2.45) is 0 Å². The highest BCUT2D eigenvalue weighted by atomic mass is 127. The summed E-state index contributed by atoms with van der Waals surface area (Å²) in [5, 5.41) is 3.24. The van der Waals surface area contributed by atoms with Crippen LogP contribution in [0.25, 0.3) is 0 Å². The Morgan fingerprint density at radius 3 is 2.81 bits per heavy atom. The fourth-order valence-electron chi connectivity index (χ4n) is 1.71. The molecule has 0 bridgehead atoms. The van der Waals surface area contributed by atoms with Crippen molar-refractivity contribution in [1.29, 1.82) is 0 Å². The van der Waals surface area contributed by atoms with Crippen molar-refractivity contribution in [3.05, 3.63) is 39.7 Å². The number of aromatic nitrogens is 2. The van der Waals surface area contributed by atoms with Crippen LogP contribution in [0.15, 0.2) is 30.3 Å². The zero-order valence-electron chi connectivity index (χ0n) is 12.1. The molecule has 0 radical (unpaired) electrons. The van der Waals surface area contributed by atoms with Gasteiger partial charge >= 0.3 is 0 Å². The van der Waals surface area contributed by atoms with E-state index in [2.05, 4.69) is 44.8 Å². The fourth-order valence-corrected chi connectivity index (χ4v) is 2.23. The Bertz CT molecular complexity index is 593. The first-order chi connectivity index (χ1) is 10.2. The van der Waals surface area contributed by atoms with Crippen LogP contribution in [0.3, 0.4) is 0 Å². The number of rotatable bonds is 7. The molecule has 0 spiro atoms. The Hall–Kier alpha value is -1.41. The maximum absolute atomic E-state index is 5.82. The fraction of sp³-hybridized carbons (Fsp3) is 0.333. The summed E-state index contributed by atoms with van der Waals surface area (Å²) in [4.78, 5) is 8.75. The number of benzene rings is 1. The van der Waals surface area contributed by atoms with Crippen molar-refractivity contribution in [3.8, 4) is 11.6 Å². The number of anilines is 1. The lowest BCUT2D eigenvalue weighted by Crippen LogP contribution is -2.06.